The maximum atomic E-state index is 6.01. The van der Waals surface area contributed by atoms with Crippen LogP contribution in [0.4, 0.5) is 0 Å². The fraction of sp³-hybridized carbons (Fsp3) is 1.00. The van der Waals surface area contributed by atoms with Crippen molar-refractivity contribution in [2.75, 3.05) is 26.7 Å². The molecule has 3 rings (SSSR count). The Morgan fingerprint density at radius 2 is 1.89 bits per heavy atom. The van der Waals surface area contributed by atoms with E-state index in [2.05, 4.69) is 16.7 Å². The summed E-state index contributed by atoms with van der Waals surface area (Å²) >= 11 is 0. The Balaban J connectivity index is 1.61. The van der Waals surface area contributed by atoms with E-state index >= 15 is 0 Å². The summed E-state index contributed by atoms with van der Waals surface area (Å²) in [6.45, 7) is 5.60. The smallest absolute Gasteiger partial charge is 0.0599 e. The lowest BCUT2D eigenvalue weighted by molar-refractivity contribution is -0.00266. The van der Waals surface area contributed by atoms with Crippen molar-refractivity contribution in [1.82, 2.24) is 9.80 Å². The largest absolute Gasteiger partial charge is 0.381 e. The molecule has 1 aliphatic carbocycles. The average molecular weight is 267 g/mol. The lowest BCUT2D eigenvalue weighted by Crippen LogP contribution is -2.53. The van der Waals surface area contributed by atoms with Crippen molar-refractivity contribution in [2.24, 2.45) is 5.73 Å². The molecule has 0 aromatic rings. The van der Waals surface area contributed by atoms with E-state index in [0.717, 1.165) is 37.6 Å². The van der Waals surface area contributed by atoms with E-state index in [9.17, 15) is 0 Å². The van der Waals surface area contributed by atoms with E-state index in [4.69, 9.17) is 10.5 Å². The molecule has 2 saturated heterocycles. The number of piperidine rings is 1. The van der Waals surface area contributed by atoms with Gasteiger partial charge in [-0.15, -0.1) is 0 Å². The van der Waals surface area contributed by atoms with Crippen molar-refractivity contribution in [1.29, 1.82) is 0 Å². The first-order valence-electron chi connectivity index (χ1n) is 7.97. The van der Waals surface area contributed by atoms with Gasteiger partial charge in [0.15, 0.2) is 0 Å². The fourth-order valence-corrected chi connectivity index (χ4v) is 4.14. The molecular weight excluding hydrogens is 238 g/mol. The third-order valence-electron chi connectivity index (χ3n) is 5.40. The molecule has 4 nitrogen and oxygen atoms in total. The molecule has 0 aromatic heterocycles. The predicted molar refractivity (Wildman–Crippen MR) is 77.2 cm³/mol. The van der Waals surface area contributed by atoms with Crippen LogP contribution < -0.4 is 5.73 Å². The first-order chi connectivity index (χ1) is 9.22. The van der Waals surface area contributed by atoms with Gasteiger partial charge in [0.1, 0.15) is 0 Å². The van der Waals surface area contributed by atoms with Crippen LogP contribution in [0.25, 0.3) is 0 Å². The Morgan fingerprint density at radius 1 is 1.11 bits per heavy atom. The normalized spacial score (nSPS) is 41.8. The van der Waals surface area contributed by atoms with Crippen LogP contribution in [-0.4, -0.2) is 66.8 Å². The second-order valence-corrected chi connectivity index (χ2v) is 6.68. The highest BCUT2D eigenvalue weighted by Crippen LogP contribution is 2.36. The van der Waals surface area contributed by atoms with Gasteiger partial charge in [-0.1, -0.05) is 0 Å². The summed E-state index contributed by atoms with van der Waals surface area (Å²) in [6.07, 6.45) is 6.86. The summed E-state index contributed by atoms with van der Waals surface area (Å²) < 4.78 is 5.53. The molecule has 0 amide bonds. The highest BCUT2D eigenvalue weighted by molar-refractivity contribution is 4.99. The maximum absolute atomic E-state index is 6.01. The molecule has 110 valence electrons. The summed E-state index contributed by atoms with van der Waals surface area (Å²) in [5.74, 6) is 0. The molecular formula is C15H29N3O. The van der Waals surface area contributed by atoms with E-state index < -0.39 is 0 Å². The standard InChI is InChI=1S/C15H29N3O/c1-11-7-14(10-18(11)12-3-4-12)17-6-5-15(19-2)8-13(17)9-16/h11-15H,3-10,16H2,1-2H3. The summed E-state index contributed by atoms with van der Waals surface area (Å²) in [4.78, 5) is 5.43. The predicted octanol–water partition coefficient (Wildman–Crippen LogP) is 1.05. The molecule has 2 N–H and O–H groups in total. The molecule has 19 heavy (non-hydrogen) atoms. The molecule has 3 fully saturated rings. The molecule has 4 atom stereocenters. The molecule has 0 radical (unpaired) electrons. The molecule has 1 saturated carbocycles. The zero-order chi connectivity index (χ0) is 13.4. The van der Waals surface area contributed by atoms with Gasteiger partial charge in [0.05, 0.1) is 6.10 Å². The molecule has 2 aliphatic heterocycles. The molecule has 0 aromatic carbocycles. The maximum Gasteiger partial charge on any atom is 0.0599 e. The average Bonchev–Trinajstić information content (AvgIpc) is 3.21. The first-order valence-corrected chi connectivity index (χ1v) is 7.97. The number of nitrogens with zero attached hydrogens (tertiary/aromatic N) is 2. The highest BCUT2D eigenvalue weighted by Gasteiger charge is 2.42. The molecule has 0 spiro atoms. The number of hydrogen-bond donors (Lipinski definition) is 1. The third kappa shape index (κ3) is 2.82. The topological polar surface area (TPSA) is 41.7 Å². The van der Waals surface area contributed by atoms with E-state index in [1.807, 2.05) is 7.11 Å². The van der Waals surface area contributed by atoms with Crippen molar-refractivity contribution >= 4 is 0 Å². The van der Waals surface area contributed by atoms with Gasteiger partial charge in [-0.3, -0.25) is 9.80 Å². The lowest BCUT2D eigenvalue weighted by Gasteiger charge is -2.42. The SMILES string of the molecule is COC1CCN(C2CC(C)N(C3CC3)C2)C(CN)C1. The minimum atomic E-state index is 0.420. The Hall–Kier alpha value is -0.160. The number of rotatable bonds is 4. The van der Waals surface area contributed by atoms with Crippen LogP contribution >= 0.6 is 0 Å². The van der Waals surface area contributed by atoms with E-state index in [1.165, 1.54) is 32.2 Å². The van der Waals surface area contributed by atoms with Crippen LogP contribution in [0.2, 0.25) is 0 Å². The summed E-state index contributed by atoms with van der Waals surface area (Å²) in [7, 11) is 1.83. The Bertz CT molecular complexity index is 308. The second-order valence-electron chi connectivity index (χ2n) is 6.68. The monoisotopic (exact) mass is 267 g/mol. The zero-order valence-electron chi connectivity index (χ0n) is 12.4. The van der Waals surface area contributed by atoms with Crippen LogP contribution in [-0.2, 0) is 4.74 Å². The van der Waals surface area contributed by atoms with Crippen molar-refractivity contribution in [2.45, 2.75) is 69.3 Å². The lowest BCUT2D eigenvalue weighted by atomic mass is 9.96. The van der Waals surface area contributed by atoms with Gasteiger partial charge in [-0.25, -0.2) is 0 Å². The van der Waals surface area contributed by atoms with Gasteiger partial charge in [0.25, 0.3) is 0 Å². The van der Waals surface area contributed by atoms with E-state index in [-0.39, 0.29) is 0 Å². The molecule has 4 unspecified atom stereocenters. The van der Waals surface area contributed by atoms with Crippen LogP contribution in [0.15, 0.2) is 0 Å². The van der Waals surface area contributed by atoms with Gasteiger partial charge in [0.2, 0.25) is 0 Å². The van der Waals surface area contributed by atoms with Gasteiger partial charge in [-0.05, 0) is 39.0 Å². The van der Waals surface area contributed by atoms with E-state index in [1.54, 1.807) is 0 Å². The van der Waals surface area contributed by atoms with E-state index in [0.29, 0.717) is 12.1 Å². The fourth-order valence-electron chi connectivity index (χ4n) is 4.14. The van der Waals surface area contributed by atoms with Crippen molar-refractivity contribution < 1.29 is 4.74 Å². The summed E-state index contributed by atoms with van der Waals surface area (Å²) in [6, 6.07) is 2.90. The van der Waals surface area contributed by atoms with Gasteiger partial charge in [-0.2, -0.15) is 0 Å². The van der Waals surface area contributed by atoms with Crippen molar-refractivity contribution in [3.05, 3.63) is 0 Å². The minimum absolute atomic E-state index is 0.420. The quantitative estimate of drug-likeness (QED) is 0.827. The Labute approximate surface area is 117 Å². The number of ether oxygens (including phenoxy) is 1. The number of nitrogens with two attached hydrogens (primary N) is 1. The van der Waals surface area contributed by atoms with Crippen LogP contribution in [0.3, 0.4) is 0 Å². The van der Waals surface area contributed by atoms with Gasteiger partial charge < -0.3 is 10.5 Å². The van der Waals surface area contributed by atoms with Crippen LogP contribution in [0.5, 0.6) is 0 Å². The Morgan fingerprint density at radius 3 is 2.53 bits per heavy atom. The summed E-state index contributed by atoms with van der Waals surface area (Å²) in [5.41, 5.74) is 6.01. The highest BCUT2D eigenvalue weighted by atomic mass is 16.5. The zero-order valence-corrected chi connectivity index (χ0v) is 12.4. The van der Waals surface area contributed by atoms with Crippen LogP contribution in [0, 0.1) is 0 Å². The van der Waals surface area contributed by atoms with Crippen LogP contribution in [0.1, 0.15) is 39.0 Å². The molecule has 3 aliphatic rings. The van der Waals surface area contributed by atoms with Gasteiger partial charge in [0, 0.05) is 50.9 Å². The van der Waals surface area contributed by atoms with Gasteiger partial charge >= 0.3 is 0 Å². The molecule has 0 bridgehead atoms. The summed E-state index contributed by atoms with van der Waals surface area (Å²) in [5, 5.41) is 0. The second kappa shape index (κ2) is 5.68. The third-order valence-corrected chi connectivity index (χ3v) is 5.40. The number of hydrogen-bond acceptors (Lipinski definition) is 4. The van der Waals surface area contributed by atoms with Crippen molar-refractivity contribution in [3.63, 3.8) is 0 Å². The Kier molecular flexibility index (Phi) is 4.13. The number of likely N-dealkylation sites (tertiary alicyclic amines) is 2. The molecule has 4 heteroatoms. The van der Waals surface area contributed by atoms with Crippen molar-refractivity contribution in [3.8, 4) is 0 Å². The first kappa shape index (κ1) is 13.8. The number of methoxy groups -OCH3 is 1. The minimum Gasteiger partial charge on any atom is -0.381 e. The molecule has 2 heterocycles.